The van der Waals surface area contributed by atoms with E-state index in [4.69, 9.17) is 21.1 Å². The number of esters is 1. The van der Waals surface area contributed by atoms with E-state index in [9.17, 15) is 9.59 Å². The highest BCUT2D eigenvalue weighted by atomic mass is 35.5. The zero-order valence-electron chi connectivity index (χ0n) is 20.1. The molecule has 0 saturated carbocycles. The van der Waals surface area contributed by atoms with Gasteiger partial charge in [-0.05, 0) is 60.4 Å². The number of nitrogens with zero attached hydrogens (tertiary/aromatic N) is 1. The number of hydrogen-bond acceptors (Lipinski definition) is 5. The molecule has 6 nitrogen and oxygen atoms in total. The molecule has 35 heavy (non-hydrogen) atoms. The minimum absolute atomic E-state index is 0.246. The Labute approximate surface area is 209 Å². The lowest BCUT2D eigenvalue weighted by Crippen LogP contribution is -2.45. The summed E-state index contributed by atoms with van der Waals surface area (Å²) in [4.78, 5) is 29.2. The lowest BCUT2D eigenvalue weighted by atomic mass is 9.91. The maximum absolute atomic E-state index is 12.5. The van der Waals surface area contributed by atoms with Crippen LogP contribution in [0.4, 0.5) is 4.79 Å². The van der Waals surface area contributed by atoms with Crippen LogP contribution in [0.1, 0.15) is 26.3 Å². The van der Waals surface area contributed by atoms with Crippen LogP contribution in [-0.4, -0.2) is 35.8 Å². The number of hydrogen-bond donors (Lipinski definition) is 1. The summed E-state index contributed by atoms with van der Waals surface area (Å²) in [5.74, 6) is -0.543. The lowest BCUT2D eigenvalue weighted by Gasteiger charge is -2.23. The predicted molar refractivity (Wildman–Crippen MR) is 139 cm³/mol. The number of rotatable bonds is 5. The maximum atomic E-state index is 12.5. The minimum Gasteiger partial charge on any atom is -0.467 e. The second kappa shape index (κ2) is 9.92. The molecule has 4 rings (SSSR count). The van der Waals surface area contributed by atoms with Crippen molar-refractivity contribution in [2.45, 2.75) is 38.8 Å². The average molecular weight is 491 g/mol. The largest absolute Gasteiger partial charge is 0.467 e. The molecule has 1 aromatic heterocycles. The second-order valence-corrected chi connectivity index (χ2v) is 9.67. The van der Waals surface area contributed by atoms with Crippen LogP contribution < -0.4 is 5.32 Å². The topological polar surface area (TPSA) is 77.5 Å². The molecule has 1 atom stereocenters. The molecule has 0 unspecified atom stereocenters. The van der Waals surface area contributed by atoms with Gasteiger partial charge in [0.1, 0.15) is 11.6 Å². The van der Waals surface area contributed by atoms with E-state index < -0.39 is 23.7 Å². The van der Waals surface area contributed by atoms with Gasteiger partial charge in [-0.15, -0.1) is 0 Å². The Morgan fingerprint density at radius 2 is 1.66 bits per heavy atom. The SMILES string of the molecule is COC(=O)[C@H](Cc1cccc2c(-c3ccc(Cl)c4ccncc34)cccc12)NC(=O)OC(C)(C)C. The van der Waals surface area contributed by atoms with E-state index in [0.717, 1.165) is 38.2 Å². The summed E-state index contributed by atoms with van der Waals surface area (Å²) in [5.41, 5.74) is 2.24. The molecule has 1 amide bonds. The monoisotopic (exact) mass is 490 g/mol. The predicted octanol–water partition coefficient (Wildman–Crippen LogP) is 6.32. The first kappa shape index (κ1) is 24.5. The summed E-state index contributed by atoms with van der Waals surface area (Å²) >= 11 is 6.43. The van der Waals surface area contributed by atoms with Crippen molar-refractivity contribution >= 4 is 45.2 Å². The Morgan fingerprint density at radius 1 is 0.943 bits per heavy atom. The highest BCUT2D eigenvalue weighted by Gasteiger charge is 2.26. The van der Waals surface area contributed by atoms with E-state index in [0.29, 0.717) is 5.02 Å². The standard InChI is InChI=1S/C28H27ClN2O4/c1-28(2,3)35-27(33)31-25(26(32)34-4)15-17-7-5-9-19-18(17)8-6-10-20(19)21-11-12-24(29)22-13-14-30-16-23(21)22/h5-14,16,25H,15H2,1-4H3,(H,31,33)/t25-/m0/s1. The summed E-state index contributed by atoms with van der Waals surface area (Å²) in [5, 5.41) is 7.19. The van der Waals surface area contributed by atoms with Crippen molar-refractivity contribution < 1.29 is 19.1 Å². The van der Waals surface area contributed by atoms with Gasteiger partial charge in [-0.2, -0.15) is 0 Å². The number of methoxy groups -OCH3 is 1. The van der Waals surface area contributed by atoms with Crippen molar-refractivity contribution in [1.82, 2.24) is 10.3 Å². The number of pyridine rings is 1. The van der Waals surface area contributed by atoms with E-state index >= 15 is 0 Å². The van der Waals surface area contributed by atoms with Gasteiger partial charge in [-0.3, -0.25) is 4.98 Å². The number of fused-ring (bicyclic) bond motifs is 2. The van der Waals surface area contributed by atoms with Gasteiger partial charge in [0.25, 0.3) is 0 Å². The lowest BCUT2D eigenvalue weighted by molar-refractivity contribution is -0.143. The molecule has 0 saturated heterocycles. The number of halogens is 1. The van der Waals surface area contributed by atoms with E-state index in [1.54, 1.807) is 27.0 Å². The molecule has 0 radical (unpaired) electrons. The highest BCUT2D eigenvalue weighted by molar-refractivity contribution is 6.36. The number of alkyl carbamates (subject to hydrolysis) is 1. The van der Waals surface area contributed by atoms with Crippen molar-refractivity contribution in [2.24, 2.45) is 0 Å². The Balaban J connectivity index is 1.76. The maximum Gasteiger partial charge on any atom is 0.408 e. The Hall–Kier alpha value is -3.64. The van der Waals surface area contributed by atoms with Gasteiger partial charge < -0.3 is 14.8 Å². The molecule has 0 bridgehead atoms. The fourth-order valence-corrected chi connectivity index (χ4v) is 4.41. The van der Waals surface area contributed by atoms with Crippen molar-refractivity contribution in [3.63, 3.8) is 0 Å². The first-order chi connectivity index (χ1) is 16.7. The fourth-order valence-electron chi connectivity index (χ4n) is 4.18. The summed E-state index contributed by atoms with van der Waals surface area (Å²) < 4.78 is 10.3. The highest BCUT2D eigenvalue weighted by Crippen LogP contribution is 2.37. The van der Waals surface area contributed by atoms with Crippen LogP contribution in [0.15, 0.2) is 67.0 Å². The third-order valence-electron chi connectivity index (χ3n) is 5.67. The van der Waals surface area contributed by atoms with Gasteiger partial charge in [0, 0.05) is 34.6 Å². The van der Waals surface area contributed by atoms with Gasteiger partial charge in [-0.25, -0.2) is 9.59 Å². The molecule has 0 aliphatic carbocycles. The Kier molecular flexibility index (Phi) is 6.94. The number of nitrogens with one attached hydrogen (secondary N) is 1. The first-order valence-corrected chi connectivity index (χ1v) is 11.7. The molecular formula is C28H27ClN2O4. The molecule has 7 heteroatoms. The van der Waals surface area contributed by atoms with Gasteiger partial charge >= 0.3 is 12.1 Å². The van der Waals surface area contributed by atoms with Crippen LogP contribution in [-0.2, 0) is 20.7 Å². The number of aromatic nitrogens is 1. The molecule has 0 aliphatic rings. The Bertz CT molecular complexity index is 1410. The fraction of sp³-hybridized carbons (Fsp3) is 0.250. The number of ether oxygens (including phenoxy) is 2. The summed E-state index contributed by atoms with van der Waals surface area (Å²) in [6, 6.07) is 16.9. The summed E-state index contributed by atoms with van der Waals surface area (Å²) in [6.07, 6.45) is 3.12. The first-order valence-electron chi connectivity index (χ1n) is 11.3. The molecule has 1 heterocycles. The third kappa shape index (κ3) is 5.38. The minimum atomic E-state index is -0.898. The van der Waals surface area contributed by atoms with Gasteiger partial charge in [-0.1, -0.05) is 54.1 Å². The molecule has 0 spiro atoms. The van der Waals surface area contributed by atoms with Crippen LogP contribution in [0.5, 0.6) is 0 Å². The second-order valence-electron chi connectivity index (χ2n) is 9.26. The molecule has 0 fully saturated rings. The van der Waals surface area contributed by atoms with Crippen LogP contribution >= 0.6 is 11.6 Å². The smallest absolute Gasteiger partial charge is 0.408 e. The number of amides is 1. The molecule has 4 aromatic rings. The zero-order chi connectivity index (χ0) is 25.2. The van der Waals surface area contributed by atoms with Gasteiger partial charge in [0.2, 0.25) is 0 Å². The molecule has 3 aromatic carbocycles. The van der Waals surface area contributed by atoms with Crippen LogP contribution in [0.2, 0.25) is 5.02 Å². The van der Waals surface area contributed by atoms with Crippen molar-refractivity contribution in [2.75, 3.05) is 7.11 Å². The third-order valence-corrected chi connectivity index (χ3v) is 6.00. The van der Waals surface area contributed by atoms with Crippen molar-refractivity contribution in [3.8, 4) is 11.1 Å². The zero-order valence-corrected chi connectivity index (χ0v) is 20.8. The van der Waals surface area contributed by atoms with Crippen molar-refractivity contribution in [3.05, 3.63) is 77.6 Å². The quantitative estimate of drug-likeness (QED) is 0.331. The van der Waals surface area contributed by atoms with Gasteiger partial charge in [0.15, 0.2) is 0 Å². The number of benzene rings is 3. The molecule has 180 valence electrons. The molecule has 0 aliphatic heterocycles. The van der Waals surface area contributed by atoms with E-state index in [1.807, 2.05) is 54.7 Å². The number of carbonyl (C=O) groups is 2. The summed E-state index contributed by atoms with van der Waals surface area (Å²) in [6.45, 7) is 5.30. The number of carbonyl (C=O) groups excluding carboxylic acids is 2. The molecular weight excluding hydrogens is 464 g/mol. The van der Waals surface area contributed by atoms with Crippen LogP contribution in [0.25, 0.3) is 32.7 Å². The Morgan fingerprint density at radius 3 is 2.40 bits per heavy atom. The van der Waals surface area contributed by atoms with Crippen LogP contribution in [0.3, 0.4) is 0 Å². The summed E-state index contributed by atoms with van der Waals surface area (Å²) in [7, 11) is 1.30. The van der Waals surface area contributed by atoms with E-state index in [2.05, 4.69) is 16.4 Å². The van der Waals surface area contributed by atoms with E-state index in [-0.39, 0.29) is 6.42 Å². The van der Waals surface area contributed by atoms with Crippen LogP contribution in [0, 0.1) is 0 Å². The van der Waals surface area contributed by atoms with Gasteiger partial charge in [0.05, 0.1) is 7.11 Å². The average Bonchev–Trinajstić information content (AvgIpc) is 2.82. The van der Waals surface area contributed by atoms with E-state index in [1.165, 1.54) is 7.11 Å². The van der Waals surface area contributed by atoms with Crippen molar-refractivity contribution in [1.29, 1.82) is 0 Å². The molecule has 1 N–H and O–H groups in total. The normalized spacial score (nSPS) is 12.4.